The van der Waals surface area contributed by atoms with Crippen molar-refractivity contribution in [3.63, 3.8) is 0 Å². The number of ether oxygens (including phenoxy) is 1. The molecule has 2 fully saturated rings. The van der Waals surface area contributed by atoms with E-state index in [1.807, 2.05) is 20.8 Å². The highest BCUT2D eigenvalue weighted by Gasteiger charge is 2.31. The number of amides is 1. The van der Waals surface area contributed by atoms with E-state index in [4.69, 9.17) is 10.5 Å². The van der Waals surface area contributed by atoms with Crippen molar-refractivity contribution in [1.29, 1.82) is 0 Å². The second-order valence-corrected chi connectivity index (χ2v) is 7.97. The fraction of sp³-hybridized carbons (Fsp3) is 0.941. The predicted molar refractivity (Wildman–Crippen MR) is 88.7 cm³/mol. The van der Waals surface area contributed by atoms with Gasteiger partial charge in [-0.05, 0) is 58.8 Å². The molecule has 0 aromatic carbocycles. The zero-order valence-corrected chi connectivity index (χ0v) is 14.4. The Morgan fingerprint density at radius 2 is 1.91 bits per heavy atom. The average Bonchev–Trinajstić information content (AvgIpc) is 2.82. The highest BCUT2D eigenvalue weighted by Crippen LogP contribution is 2.27. The molecular weight excluding hydrogens is 278 g/mol. The summed E-state index contributed by atoms with van der Waals surface area (Å²) in [5.74, 6) is 0.505. The van der Waals surface area contributed by atoms with Crippen molar-refractivity contribution in [2.75, 3.05) is 6.54 Å². The largest absolute Gasteiger partial charge is 0.444 e. The van der Waals surface area contributed by atoms with Crippen LogP contribution in [0.5, 0.6) is 0 Å². The number of alkyl carbamates (subject to hydrolysis) is 1. The SMILES string of the molecule is CC(C)(C)OC(=O)NCC1CCCC1NC1CCCC(N)C1. The molecule has 1 amide bonds. The molecule has 2 aliphatic carbocycles. The molecule has 5 heteroatoms. The molecule has 4 N–H and O–H groups in total. The summed E-state index contributed by atoms with van der Waals surface area (Å²) < 4.78 is 5.31. The maximum Gasteiger partial charge on any atom is 0.407 e. The van der Waals surface area contributed by atoms with Gasteiger partial charge in [-0.1, -0.05) is 12.8 Å². The molecule has 0 aromatic rings. The van der Waals surface area contributed by atoms with Gasteiger partial charge in [0.25, 0.3) is 0 Å². The highest BCUT2D eigenvalue weighted by atomic mass is 16.6. The fourth-order valence-electron chi connectivity index (χ4n) is 3.71. The first kappa shape index (κ1) is 17.5. The van der Waals surface area contributed by atoms with Crippen molar-refractivity contribution < 1.29 is 9.53 Å². The second-order valence-electron chi connectivity index (χ2n) is 7.97. The van der Waals surface area contributed by atoms with Gasteiger partial charge in [0.1, 0.15) is 5.60 Å². The first-order valence-electron chi connectivity index (χ1n) is 8.82. The zero-order chi connectivity index (χ0) is 16.2. The van der Waals surface area contributed by atoms with E-state index >= 15 is 0 Å². The average molecular weight is 311 g/mol. The van der Waals surface area contributed by atoms with Gasteiger partial charge in [-0.15, -0.1) is 0 Å². The smallest absolute Gasteiger partial charge is 0.407 e. The monoisotopic (exact) mass is 311 g/mol. The Morgan fingerprint density at radius 3 is 2.59 bits per heavy atom. The molecule has 0 heterocycles. The van der Waals surface area contributed by atoms with E-state index in [1.165, 1.54) is 32.1 Å². The lowest BCUT2D eigenvalue weighted by Gasteiger charge is -2.32. The fourth-order valence-corrected chi connectivity index (χ4v) is 3.71. The third kappa shape index (κ3) is 5.76. The van der Waals surface area contributed by atoms with Crippen LogP contribution in [0, 0.1) is 5.92 Å². The lowest BCUT2D eigenvalue weighted by molar-refractivity contribution is 0.0517. The molecular formula is C17H33N3O2. The molecule has 0 spiro atoms. The maximum absolute atomic E-state index is 11.8. The number of hydrogen-bond acceptors (Lipinski definition) is 4. The Bertz CT molecular complexity index is 367. The summed E-state index contributed by atoms with van der Waals surface area (Å²) in [6.07, 6.45) is 8.01. The minimum atomic E-state index is -0.435. The standard InChI is InChI=1S/C17H33N3O2/c1-17(2,3)22-16(21)19-11-12-6-4-9-15(12)20-14-8-5-7-13(18)10-14/h12-15,20H,4-11,18H2,1-3H3,(H,19,21). The van der Waals surface area contributed by atoms with Crippen LogP contribution >= 0.6 is 0 Å². The summed E-state index contributed by atoms with van der Waals surface area (Å²) in [5, 5.41) is 6.73. The van der Waals surface area contributed by atoms with Crippen LogP contribution in [0.4, 0.5) is 4.79 Å². The molecule has 22 heavy (non-hydrogen) atoms. The molecule has 2 aliphatic rings. The van der Waals surface area contributed by atoms with Crippen molar-refractivity contribution in [3.8, 4) is 0 Å². The summed E-state index contributed by atoms with van der Waals surface area (Å²) in [6.45, 7) is 6.36. The zero-order valence-electron chi connectivity index (χ0n) is 14.4. The van der Waals surface area contributed by atoms with Crippen LogP contribution in [0.1, 0.15) is 65.7 Å². The first-order chi connectivity index (χ1) is 10.3. The topological polar surface area (TPSA) is 76.4 Å². The van der Waals surface area contributed by atoms with Crippen LogP contribution in [-0.4, -0.2) is 36.4 Å². The van der Waals surface area contributed by atoms with Gasteiger partial charge in [-0.25, -0.2) is 4.79 Å². The number of hydrogen-bond donors (Lipinski definition) is 3. The lowest BCUT2D eigenvalue weighted by atomic mass is 9.90. The maximum atomic E-state index is 11.8. The summed E-state index contributed by atoms with van der Waals surface area (Å²) >= 11 is 0. The van der Waals surface area contributed by atoms with Crippen LogP contribution in [0.3, 0.4) is 0 Å². The van der Waals surface area contributed by atoms with Gasteiger partial charge in [-0.3, -0.25) is 0 Å². The molecule has 2 rings (SSSR count). The van der Waals surface area contributed by atoms with Gasteiger partial charge < -0.3 is 21.1 Å². The molecule has 4 unspecified atom stereocenters. The quantitative estimate of drug-likeness (QED) is 0.746. The van der Waals surface area contributed by atoms with Gasteiger partial charge in [0.15, 0.2) is 0 Å². The van der Waals surface area contributed by atoms with Crippen LogP contribution in [0.2, 0.25) is 0 Å². The second kappa shape index (κ2) is 7.64. The third-order valence-corrected chi connectivity index (χ3v) is 4.73. The number of nitrogens with two attached hydrogens (primary N) is 1. The van der Waals surface area contributed by atoms with Crippen LogP contribution in [-0.2, 0) is 4.74 Å². The predicted octanol–water partition coefficient (Wildman–Crippen LogP) is 2.54. The van der Waals surface area contributed by atoms with Crippen molar-refractivity contribution in [2.45, 2.75) is 89.4 Å². The number of carbonyl (C=O) groups is 1. The third-order valence-electron chi connectivity index (χ3n) is 4.73. The molecule has 2 saturated carbocycles. The summed E-state index contributed by atoms with van der Waals surface area (Å²) in [6, 6.07) is 1.41. The Balaban J connectivity index is 1.74. The molecule has 0 bridgehead atoms. The van der Waals surface area contributed by atoms with Crippen molar-refractivity contribution in [2.24, 2.45) is 11.7 Å². The van der Waals surface area contributed by atoms with E-state index < -0.39 is 5.60 Å². The lowest BCUT2D eigenvalue weighted by Crippen LogP contribution is -2.47. The normalized spacial score (nSPS) is 32.7. The van der Waals surface area contributed by atoms with Crippen LogP contribution in [0.25, 0.3) is 0 Å². The Hall–Kier alpha value is -0.810. The van der Waals surface area contributed by atoms with Gasteiger partial charge in [0.05, 0.1) is 0 Å². The van der Waals surface area contributed by atoms with Gasteiger partial charge in [0, 0.05) is 24.7 Å². The van der Waals surface area contributed by atoms with Crippen LogP contribution < -0.4 is 16.4 Å². The summed E-state index contributed by atoms with van der Waals surface area (Å²) in [4.78, 5) is 11.8. The van der Waals surface area contributed by atoms with Crippen molar-refractivity contribution >= 4 is 6.09 Å². The molecule has 0 aliphatic heterocycles. The van der Waals surface area contributed by atoms with Gasteiger partial charge in [-0.2, -0.15) is 0 Å². The Morgan fingerprint density at radius 1 is 1.18 bits per heavy atom. The number of rotatable bonds is 4. The highest BCUT2D eigenvalue weighted by molar-refractivity contribution is 5.67. The van der Waals surface area contributed by atoms with Crippen molar-refractivity contribution in [3.05, 3.63) is 0 Å². The van der Waals surface area contributed by atoms with Gasteiger partial charge >= 0.3 is 6.09 Å². The molecule has 4 atom stereocenters. The van der Waals surface area contributed by atoms with Crippen molar-refractivity contribution in [1.82, 2.24) is 10.6 Å². The summed E-state index contributed by atoms with van der Waals surface area (Å²) in [5.41, 5.74) is 5.64. The first-order valence-corrected chi connectivity index (χ1v) is 8.82. The molecule has 5 nitrogen and oxygen atoms in total. The summed E-state index contributed by atoms with van der Waals surface area (Å²) in [7, 11) is 0. The molecule has 0 aromatic heterocycles. The molecule has 128 valence electrons. The van der Waals surface area contributed by atoms with Crippen LogP contribution in [0.15, 0.2) is 0 Å². The minimum absolute atomic E-state index is 0.308. The van der Waals surface area contributed by atoms with E-state index in [-0.39, 0.29) is 6.09 Å². The van der Waals surface area contributed by atoms with E-state index in [2.05, 4.69) is 10.6 Å². The number of nitrogens with one attached hydrogen (secondary N) is 2. The van der Waals surface area contributed by atoms with E-state index in [9.17, 15) is 4.79 Å². The molecule has 0 saturated heterocycles. The Kier molecular flexibility index (Phi) is 6.09. The minimum Gasteiger partial charge on any atom is -0.444 e. The number of carbonyl (C=O) groups excluding carboxylic acids is 1. The Labute approximate surface area is 134 Å². The van der Waals surface area contributed by atoms with E-state index in [0.717, 1.165) is 12.8 Å². The van der Waals surface area contributed by atoms with Gasteiger partial charge in [0.2, 0.25) is 0 Å². The molecule has 0 radical (unpaired) electrons. The van der Waals surface area contributed by atoms with E-state index in [1.54, 1.807) is 0 Å². The van der Waals surface area contributed by atoms with E-state index in [0.29, 0.717) is 30.6 Å².